The Bertz CT molecular complexity index is 421. The summed E-state index contributed by atoms with van der Waals surface area (Å²) >= 11 is 5.80. The average Bonchev–Trinajstić information content (AvgIpc) is 2.86. The van der Waals surface area contributed by atoms with Crippen molar-refractivity contribution in [3.05, 3.63) is 34.6 Å². The number of rotatable bonds is 5. The Hall–Kier alpha value is -0.600. The van der Waals surface area contributed by atoms with Crippen LogP contribution in [-0.4, -0.2) is 13.1 Å². The van der Waals surface area contributed by atoms with Gasteiger partial charge in [-0.05, 0) is 55.8 Å². The molecule has 1 saturated carbocycles. The van der Waals surface area contributed by atoms with Crippen LogP contribution < -0.4 is 5.32 Å². The summed E-state index contributed by atoms with van der Waals surface area (Å²) in [6.45, 7) is 2.26. The number of halogens is 2. The van der Waals surface area contributed by atoms with Crippen molar-refractivity contribution in [3.63, 3.8) is 0 Å². The van der Waals surface area contributed by atoms with Crippen LogP contribution in [-0.2, 0) is 6.42 Å². The van der Waals surface area contributed by atoms with Gasteiger partial charge in [-0.2, -0.15) is 0 Å². The summed E-state index contributed by atoms with van der Waals surface area (Å²) < 4.78 is 13.9. The van der Waals surface area contributed by atoms with Crippen molar-refractivity contribution < 1.29 is 4.39 Å². The summed E-state index contributed by atoms with van der Waals surface area (Å²) in [5.41, 5.74) is 0.767. The Balaban J connectivity index is 2.03. The molecule has 106 valence electrons. The second-order valence-electron chi connectivity index (χ2n) is 5.68. The fourth-order valence-electron chi connectivity index (χ4n) is 3.28. The highest BCUT2D eigenvalue weighted by molar-refractivity contribution is 6.30. The van der Waals surface area contributed by atoms with E-state index < -0.39 is 0 Å². The van der Waals surface area contributed by atoms with Crippen LogP contribution in [0.25, 0.3) is 0 Å². The quantitative estimate of drug-likeness (QED) is 0.843. The minimum absolute atomic E-state index is 0.183. The molecule has 1 aromatic carbocycles. The SMILES string of the molecule is CCC1CCC(C(Cc2ccc(Cl)cc2F)NC)C1. The molecule has 1 aromatic rings. The Morgan fingerprint density at radius 2 is 2.21 bits per heavy atom. The van der Waals surface area contributed by atoms with Gasteiger partial charge in [0.05, 0.1) is 0 Å². The van der Waals surface area contributed by atoms with E-state index in [0.29, 0.717) is 17.0 Å². The van der Waals surface area contributed by atoms with Crippen molar-refractivity contribution in [2.24, 2.45) is 11.8 Å². The van der Waals surface area contributed by atoms with Crippen LogP contribution in [0.1, 0.15) is 38.2 Å². The first-order chi connectivity index (χ1) is 9.13. The molecule has 0 aromatic heterocycles. The van der Waals surface area contributed by atoms with E-state index in [0.717, 1.165) is 17.9 Å². The third-order valence-corrected chi connectivity index (χ3v) is 4.79. The molecule has 1 aliphatic carbocycles. The lowest BCUT2D eigenvalue weighted by molar-refractivity contribution is 0.358. The molecule has 0 saturated heterocycles. The molecule has 3 unspecified atom stereocenters. The highest BCUT2D eigenvalue weighted by Gasteiger charge is 2.29. The van der Waals surface area contributed by atoms with E-state index in [9.17, 15) is 4.39 Å². The molecule has 19 heavy (non-hydrogen) atoms. The van der Waals surface area contributed by atoms with E-state index >= 15 is 0 Å². The molecule has 2 rings (SSSR count). The maximum atomic E-state index is 13.9. The first kappa shape index (κ1) is 14.8. The fourth-order valence-corrected chi connectivity index (χ4v) is 3.44. The van der Waals surface area contributed by atoms with Crippen LogP contribution in [0.4, 0.5) is 4.39 Å². The van der Waals surface area contributed by atoms with Gasteiger partial charge in [0.1, 0.15) is 5.82 Å². The first-order valence-corrected chi connectivity index (χ1v) is 7.63. The number of hydrogen-bond donors (Lipinski definition) is 1. The average molecular weight is 284 g/mol. The van der Waals surface area contributed by atoms with Crippen molar-refractivity contribution in [2.45, 2.75) is 45.1 Å². The Labute approximate surface area is 120 Å². The van der Waals surface area contributed by atoms with E-state index in [2.05, 4.69) is 12.2 Å². The van der Waals surface area contributed by atoms with Gasteiger partial charge in [-0.1, -0.05) is 37.4 Å². The van der Waals surface area contributed by atoms with Gasteiger partial charge in [0.15, 0.2) is 0 Å². The van der Waals surface area contributed by atoms with Crippen molar-refractivity contribution in [3.8, 4) is 0 Å². The largest absolute Gasteiger partial charge is 0.316 e. The van der Waals surface area contributed by atoms with Gasteiger partial charge in [0.2, 0.25) is 0 Å². The number of hydrogen-bond acceptors (Lipinski definition) is 1. The smallest absolute Gasteiger partial charge is 0.127 e. The molecule has 3 heteroatoms. The van der Waals surface area contributed by atoms with Crippen LogP contribution in [0, 0.1) is 17.7 Å². The van der Waals surface area contributed by atoms with E-state index in [1.807, 2.05) is 13.1 Å². The fraction of sp³-hybridized carbons (Fsp3) is 0.625. The van der Waals surface area contributed by atoms with Crippen LogP contribution >= 0.6 is 11.6 Å². The Kier molecular flexibility index (Phi) is 5.23. The van der Waals surface area contributed by atoms with Crippen LogP contribution in [0.2, 0.25) is 5.02 Å². The minimum atomic E-state index is -0.183. The van der Waals surface area contributed by atoms with Crippen LogP contribution in [0.15, 0.2) is 18.2 Å². The number of benzene rings is 1. The van der Waals surface area contributed by atoms with Gasteiger partial charge in [0, 0.05) is 11.1 Å². The standard InChI is InChI=1S/C16H23ClFN/c1-3-11-4-5-13(8-11)16(19-2)9-12-6-7-14(17)10-15(12)18/h6-7,10-11,13,16,19H,3-5,8-9H2,1-2H3. The van der Waals surface area contributed by atoms with Gasteiger partial charge in [-0.25, -0.2) is 4.39 Å². The minimum Gasteiger partial charge on any atom is -0.316 e. The molecule has 1 aliphatic rings. The molecular formula is C16H23ClFN. The number of nitrogens with one attached hydrogen (secondary N) is 1. The molecule has 0 radical (unpaired) electrons. The normalized spacial score (nSPS) is 24.6. The van der Waals surface area contributed by atoms with Crippen molar-refractivity contribution in [1.29, 1.82) is 0 Å². The van der Waals surface area contributed by atoms with Crippen LogP contribution in [0.3, 0.4) is 0 Å². The third kappa shape index (κ3) is 3.70. The molecule has 0 amide bonds. The molecule has 1 nitrogen and oxygen atoms in total. The van der Waals surface area contributed by atoms with Gasteiger partial charge in [-0.15, -0.1) is 0 Å². The second kappa shape index (κ2) is 6.71. The first-order valence-electron chi connectivity index (χ1n) is 7.25. The lowest BCUT2D eigenvalue weighted by Crippen LogP contribution is -2.34. The monoisotopic (exact) mass is 283 g/mol. The van der Waals surface area contributed by atoms with Gasteiger partial charge >= 0.3 is 0 Å². The highest BCUT2D eigenvalue weighted by atomic mass is 35.5. The summed E-state index contributed by atoms with van der Waals surface area (Å²) in [6.07, 6.45) is 5.88. The Morgan fingerprint density at radius 1 is 1.42 bits per heavy atom. The maximum absolute atomic E-state index is 13.9. The third-order valence-electron chi connectivity index (χ3n) is 4.55. The summed E-state index contributed by atoms with van der Waals surface area (Å²) in [5.74, 6) is 1.35. The summed E-state index contributed by atoms with van der Waals surface area (Å²) in [6, 6.07) is 5.37. The summed E-state index contributed by atoms with van der Waals surface area (Å²) in [7, 11) is 1.98. The van der Waals surface area contributed by atoms with Crippen molar-refractivity contribution >= 4 is 11.6 Å². The highest BCUT2D eigenvalue weighted by Crippen LogP contribution is 2.35. The van der Waals surface area contributed by atoms with Gasteiger partial charge < -0.3 is 5.32 Å². The molecule has 3 atom stereocenters. The summed E-state index contributed by atoms with van der Waals surface area (Å²) in [5, 5.41) is 3.85. The zero-order chi connectivity index (χ0) is 13.8. The summed E-state index contributed by atoms with van der Waals surface area (Å²) in [4.78, 5) is 0. The zero-order valence-electron chi connectivity index (χ0n) is 11.8. The number of likely N-dealkylation sites (N-methyl/N-ethyl adjacent to an activating group) is 1. The molecular weight excluding hydrogens is 261 g/mol. The predicted octanol–water partition coefficient (Wildman–Crippen LogP) is 4.44. The lowest BCUT2D eigenvalue weighted by Gasteiger charge is -2.23. The van der Waals surface area contributed by atoms with E-state index in [1.54, 1.807) is 6.07 Å². The lowest BCUT2D eigenvalue weighted by atomic mass is 9.91. The Morgan fingerprint density at radius 3 is 2.79 bits per heavy atom. The van der Waals surface area contributed by atoms with Gasteiger partial charge in [0.25, 0.3) is 0 Å². The van der Waals surface area contributed by atoms with E-state index in [4.69, 9.17) is 11.6 Å². The topological polar surface area (TPSA) is 12.0 Å². The molecule has 0 aliphatic heterocycles. The maximum Gasteiger partial charge on any atom is 0.127 e. The van der Waals surface area contributed by atoms with E-state index in [-0.39, 0.29) is 5.82 Å². The second-order valence-corrected chi connectivity index (χ2v) is 6.12. The molecule has 0 bridgehead atoms. The van der Waals surface area contributed by atoms with Gasteiger partial charge in [-0.3, -0.25) is 0 Å². The predicted molar refractivity (Wildman–Crippen MR) is 79.1 cm³/mol. The molecule has 1 N–H and O–H groups in total. The van der Waals surface area contributed by atoms with Crippen molar-refractivity contribution in [2.75, 3.05) is 7.05 Å². The van der Waals surface area contributed by atoms with Crippen LogP contribution in [0.5, 0.6) is 0 Å². The van der Waals surface area contributed by atoms with E-state index in [1.165, 1.54) is 31.7 Å². The molecule has 1 fully saturated rings. The van der Waals surface area contributed by atoms with Crippen molar-refractivity contribution in [1.82, 2.24) is 5.32 Å². The molecule has 0 heterocycles. The molecule has 0 spiro atoms. The zero-order valence-corrected chi connectivity index (χ0v) is 12.5.